The molecule has 39 heavy (non-hydrogen) atoms. The van der Waals surface area contributed by atoms with Crippen molar-refractivity contribution < 1.29 is 13.9 Å². The molecule has 1 unspecified atom stereocenters. The largest absolute Gasteiger partial charge is 0.497 e. The first kappa shape index (κ1) is 26.2. The first-order valence-electron chi connectivity index (χ1n) is 13.0. The van der Waals surface area contributed by atoms with Gasteiger partial charge < -0.3 is 18.9 Å². The Bertz CT molecular complexity index is 1560. The van der Waals surface area contributed by atoms with E-state index in [1.165, 1.54) is 0 Å². The van der Waals surface area contributed by atoms with Gasteiger partial charge in [0.25, 0.3) is 5.56 Å². The van der Waals surface area contributed by atoms with E-state index in [0.717, 1.165) is 40.1 Å². The average molecular weight is 529 g/mol. The van der Waals surface area contributed by atoms with E-state index in [9.17, 15) is 4.79 Å². The molecule has 0 aliphatic carbocycles. The van der Waals surface area contributed by atoms with Crippen molar-refractivity contribution in [2.75, 3.05) is 13.7 Å². The Labute approximate surface area is 226 Å². The molecule has 0 spiro atoms. The Morgan fingerprint density at radius 1 is 1.05 bits per heavy atom. The van der Waals surface area contributed by atoms with Gasteiger partial charge in [0.05, 0.1) is 26.0 Å². The molecule has 10 nitrogen and oxygen atoms in total. The van der Waals surface area contributed by atoms with Gasteiger partial charge in [0.1, 0.15) is 23.8 Å². The molecule has 0 fully saturated rings. The van der Waals surface area contributed by atoms with E-state index in [4.69, 9.17) is 13.9 Å². The minimum absolute atomic E-state index is 0.128. The SMILES string of the molecule is CCOc1ccc2[nH]c(=O)c(CN(Cc3ccc(OC)cc3)C(CC)c3nnnn3Cc3ccco3)cc2c1. The van der Waals surface area contributed by atoms with E-state index in [-0.39, 0.29) is 11.6 Å². The quantitative estimate of drug-likeness (QED) is 0.248. The fourth-order valence-corrected chi connectivity index (χ4v) is 4.78. The normalized spacial score (nSPS) is 12.2. The smallest absolute Gasteiger partial charge is 0.252 e. The topological polar surface area (TPSA) is 111 Å². The Morgan fingerprint density at radius 3 is 2.59 bits per heavy atom. The van der Waals surface area contributed by atoms with Crippen molar-refractivity contribution in [2.45, 2.75) is 45.9 Å². The van der Waals surface area contributed by atoms with Crippen molar-refractivity contribution >= 4 is 10.9 Å². The molecule has 202 valence electrons. The molecule has 0 aliphatic rings. The van der Waals surface area contributed by atoms with E-state index < -0.39 is 0 Å². The summed E-state index contributed by atoms with van der Waals surface area (Å²) < 4.78 is 18.3. The molecular formula is C29H32N6O4. The number of hydrogen-bond acceptors (Lipinski definition) is 8. The van der Waals surface area contributed by atoms with Gasteiger partial charge in [-0.15, -0.1) is 5.10 Å². The van der Waals surface area contributed by atoms with Crippen molar-refractivity contribution in [3.8, 4) is 11.5 Å². The van der Waals surface area contributed by atoms with Gasteiger partial charge in [0, 0.05) is 29.6 Å². The lowest BCUT2D eigenvalue weighted by Crippen LogP contribution is -2.32. The van der Waals surface area contributed by atoms with Gasteiger partial charge in [-0.05, 0) is 77.9 Å². The number of aromatic nitrogens is 5. The number of tetrazole rings is 1. The summed E-state index contributed by atoms with van der Waals surface area (Å²) in [7, 11) is 1.65. The molecule has 1 N–H and O–H groups in total. The van der Waals surface area contributed by atoms with Crippen LogP contribution in [0.4, 0.5) is 0 Å². The lowest BCUT2D eigenvalue weighted by molar-refractivity contribution is 0.161. The second-order valence-electron chi connectivity index (χ2n) is 9.26. The molecule has 0 bridgehead atoms. The Morgan fingerprint density at radius 2 is 1.87 bits per heavy atom. The Kier molecular flexibility index (Phi) is 8.02. The van der Waals surface area contributed by atoms with Crippen LogP contribution < -0.4 is 15.0 Å². The third-order valence-corrected chi connectivity index (χ3v) is 6.69. The van der Waals surface area contributed by atoms with E-state index in [0.29, 0.717) is 37.6 Å². The summed E-state index contributed by atoms with van der Waals surface area (Å²) >= 11 is 0. The number of fused-ring (bicyclic) bond motifs is 1. The second kappa shape index (κ2) is 12.0. The van der Waals surface area contributed by atoms with Crippen LogP contribution in [0.5, 0.6) is 11.5 Å². The van der Waals surface area contributed by atoms with Crippen molar-refractivity contribution in [1.82, 2.24) is 30.1 Å². The number of aromatic amines is 1. The Balaban J connectivity index is 1.51. The molecule has 0 aliphatic heterocycles. The average Bonchev–Trinajstić information content (AvgIpc) is 3.63. The standard InChI is InChI=1S/C29H32N6O4/c1-4-27(28-31-32-33-35(28)19-25-7-6-14-39-25)34(17-20-8-10-23(37-3)11-9-20)18-22-15-21-16-24(38-5-2)12-13-26(21)30-29(22)36/h6-16,27H,4-5,17-19H2,1-3H3,(H,30,36). The molecule has 10 heteroatoms. The summed E-state index contributed by atoms with van der Waals surface area (Å²) in [6.45, 7) is 6.00. The number of ether oxygens (including phenoxy) is 2. The van der Waals surface area contributed by atoms with E-state index in [1.807, 2.05) is 67.6 Å². The molecular weight excluding hydrogens is 496 g/mol. The summed E-state index contributed by atoms with van der Waals surface area (Å²) in [5, 5.41) is 13.5. The van der Waals surface area contributed by atoms with Crippen LogP contribution in [0.15, 0.2) is 76.1 Å². The number of furan rings is 1. The van der Waals surface area contributed by atoms with Crippen LogP contribution in [-0.2, 0) is 19.6 Å². The molecule has 5 rings (SSSR count). The highest BCUT2D eigenvalue weighted by molar-refractivity contribution is 5.80. The molecule has 0 saturated heterocycles. The van der Waals surface area contributed by atoms with Crippen LogP contribution >= 0.6 is 0 Å². The van der Waals surface area contributed by atoms with E-state index >= 15 is 0 Å². The Hall–Kier alpha value is -4.44. The van der Waals surface area contributed by atoms with Gasteiger partial charge >= 0.3 is 0 Å². The van der Waals surface area contributed by atoms with Crippen molar-refractivity contribution in [1.29, 1.82) is 0 Å². The lowest BCUT2D eigenvalue weighted by Gasteiger charge is -2.30. The summed E-state index contributed by atoms with van der Waals surface area (Å²) in [6, 6.07) is 19.1. The second-order valence-corrected chi connectivity index (χ2v) is 9.26. The zero-order valence-electron chi connectivity index (χ0n) is 22.3. The van der Waals surface area contributed by atoms with Crippen molar-refractivity contribution in [2.24, 2.45) is 0 Å². The summed E-state index contributed by atoms with van der Waals surface area (Å²) in [5.74, 6) is 3.02. The number of rotatable bonds is 12. The van der Waals surface area contributed by atoms with Crippen molar-refractivity contribution in [3.05, 3.63) is 100.0 Å². The zero-order valence-corrected chi connectivity index (χ0v) is 22.3. The van der Waals surface area contributed by atoms with Crippen LogP contribution in [0.25, 0.3) is 10.9 Å². The summed E-state index contributed by atoms with van der Waals surface area (Å²) in [4.78, 5) is 18.5. The molecule has 2 aromatic carbocycles. The maximum absolute atomic E-state index is 13.2. The van der Waals surface area contributed by atoms with Crippen molar-refractivity contribution in [3.63, 3.8) is 0 Å². The fourth-order valence-electron chi connectivity index (χ4n) is 4.78. The fraction of sp³-hybridized carbons (Fsp3) is 0.310. The molecule has 5 aromatic rings. The minimum atomic E-state index is -0.165. The highest BCUT2D eigenvalue weighted by Gasteiger charge is 2.26. The molecule has 0 radical (unpaired) electrons. The molecule has 0 amide bonds. The van der Waals surface area contributed by atoms with Crippen LogP contribution in [-0.4, -0.2) is 43.8 Å². The molecule has 3 heterocycles. The number of nitrogens with one attached hydrogen (secondary N) is 1. The van der Waals surface area contributed by atoms with E-state index in [1.54, 1.807) is 18.1 Å². The van der Waals surface area contributed by atoms with Gasteiger partial charge in [0.15, 0.2) is 5.82 Å². The van der Waals surface area contributed by atoms with Crippen LogP contribution in [0.3, 0.4) is 0 Å². The van der Waals surface area contributed by atoms with Gasteiger partial charge in [0.2, 0.25) is 0 Å². The maximum Gasteiger partial charge on any atom is 0.252 e. The lowest BCUT2D eigenvalue weighted by atomic mass is 10.1. The van der Waals surface area contributed by atoms with Gasteiger partial charge in [-0.2, -0.15) is 0 Å². The predicted octanol–water partition coefficient (Wildman–Crippen LogP) is 4.72. The number of methoxy groups -OCH3 is 1. The van der Waals surface area contributed by atoms with E-state index in [2.05, 4.69) is 32.3 Å². The highest BCUT2D eigenvalue weighted by atomic mass is 16.5. The number of benzene rings is 2. The molecule has 1 atom stereocenters. The zero-order chi connectivity index (χ0) is 27.2. The molecule has 0 saturated carbocycles. The third kappa shape index (κ3) is 6.01. The van der Waals surface area contributed by atoms with Gasteiger partial charge in [-0.1, -0.05) is 19.1 Å². The monoisotopic (exact) mass is 528 g/mol. The van der Waals surface area contributed by atoms with Gasteiger partial charge in [-0.3, -0.25) is 9.69 Å². The van der Waals surface area contributed by atoms with Crippen LogP contribution in [0.2, 0.25) is 0 Å². The summed E-state index contributed by atoms with van der Waals surface area (Å²) in [6.07, 6.45) is 2.37. The van der Waals surface area contributed by atoms with Crippen LogP contribution in [0.1, 0.15) is 49.0 Å². The maximum atomic E-state index is 13.2. The first-order chi connectivity index (χ1) is 19.1. The number of hydrogen-bond donors (Lipinski definition) is 1. The minimum Gasteiger partial charge on any atom is -0.497 e. The molecule has 3 aromatic heterocycles. The van der Waals surface area contributed by atoms with Crippen LogP contribution in [0, 0.1) is 0 Å². The highest BCUT2D eigenvalue weighted by Crippen LogP contribution is 2.28. The number of nitrogens with zero attached hydrogens (tertiary/aromatic N) is 5. The van der Waals surface area contributed by atoms with Gasteiger partial charge in [-0.25, -0.2) is 4.68 Å². The predicted molar refractivity (Wildman–Crippen MR) is 147 cm³/mol. The first-order valence-corrected chi connectivity index (χ1v) is 13.0. The number of H-pyrrole nitrogens is 1. The number of pyridine rings is 1. The third-order valence-electron chi connectivity index (χ3n) is 6.69. The summed E-state index contributed by atoms with van der Waals surface area (Å²) in [5.41, 5.74) is 2.36.